The van der Waals surface area contributed by atoms with Gasteiger partial charge in [-0.3, -0.25) is 9.36 Å². The van der Waals surface area contributed by atoms with E-state index in [9.17, 15) is 4.79 Å². The summed E-state index contributed by atoms with van der Waals surface area (Å²) in [5, 5.41) is 12.3. The van der Waals surface area contributed by atoms with Gasteiger partial charge in [-0.25, -0.2) is 0 Å². The van der Waals surface area contributed by atoms with Gasteiger partial charge in [0.05, 0.1) is 18.6 Å². The number of nitrogens with one attached hydrogen (secondary N) is 1. The molecule has 4 aromatic rings. The van der Waals surface area contributed by atoms with E-state index in [1.165, 1.54) is 11.8 Å². The highest BCUT2D eigenvalue weighted by atomic mass is 32.2. The van der Waals surface area contributed by atoms with Crippen LogP contribution in [0, 0.1) is 0 Å². The minimum Gasteiger partial charge on any atom is -0.495 e. The van der Waals surface area contributed by atoms with Crippen LogP contribution < -0.4 is 14.8 Å². The Balaban J connectivity index is 1.62. The number of aromatic nitrogens is 3. The van der Waals surface area contributed by atoms with Gasteiger partial charge in [0.25, 0.3) is 0 Å². The lowest BCUT2D eigenvalue weighted by atomic mass is 10.1. The molecule has 7 nitrogen and oxygen atoms in total. The first-order valence-corrected chi connectivity index (χ1v) is 12.4. The minimum absolute atomic E-state index is 0.0407. The molecule has 8 heteroatoms. The number of thioether (sulfide) groups is 1. The standard InChI is InChI=1S/C27H28N4O3S/c1-3-17-28-26(32)19-35-27-30-29-25(31(27)22-14-8-10-16-24(22)33-2)18-34-23-15-9-7-13-21(23)20-11-5-4-6-12-20/h4-16H,3,17-19H2,1-2H3,(H,28,32). The number of hydrogen-bond acceptors (Lipinski definition) is 6. The number of benzene rings is 3. The second kappa shape index (κ2) is 12.1. The molecular formula is C27H28N4O3S. The lowest BCUT2D eigenvalue weighted by Gasteiger charge is -2.15. The normalized spacial score (nSPS) is 10.7. The van der Waals surface area contributed by atoms with Crippen LogP contribution in [-0.2, 0) is 11.4 Å². The number of hydrogen-bond donors (Lipinski definition) is 1. The zero-order valence-corrected chi connectivity index (χ0v) is 20.6. The van der Waals surface area contributed by atoms with E-state index >= 15 is 0 Å². The van der Waals surface area contributed by atoms with Gasteiger partial charge in [0.2, 0.25) is 5.91 Å². The van der Waals surface area contributed by atoms with Gasteiger partial charge in [-0.05, 0) is 30.2 Å². The molecule has 0 aliphatic carbocycles. The molecular weight excluding hydrogens is 460 g/mol. The summed E-state index contributed by atoms with van der Waals surface area (Å²) >= 11 is 1.33. The van der Waals surface area contributed by atoms with Gasteiger partial charge in [-0.2, -0.15) is 0 Å². The molecule has 35 heavy (non-hydrogen) atoms. The summed E-state index contributed by atoms with van der Waals surface area (Å²) in [5.74, 6) is 2.23. The van der Waals surface area contributed by atoms with Crippen LogP contribution in [0.3, 0.4) is 0 Å². The van der Waals surface area contributed by atoms with E-state index < -0.39 is 0 Å². The van der Waals surface area contributed by atoms with E-state index in [-0.39, 0.29) is 18.3 Å². The average molecular weight is 489 g/mol. The van der Waals surface area contributed by atoms with Crippen LogP contribution >= 0.6 is 11.8 Å². The van der Waals surface area contributed by atoms with Gasteiger partial charge in [0.15, 0.2) is 11.0 Å². The molecule has 0 bridgehead atoms. The number of para-hydroxylation sites is 3. The van der Waals surface area contributed by atoms with Crippen molar-refractivity contribution in [3.63, 3.8) is 0 Å². The van der Waals surface area contributed by atoms with Crippen molar-refractivity contribution in [2.24, 2.45) is 0 Å². The van der Waals surface area contributed by atoms with Crippen molar-refractivity contribution < 1.29 is 14.3 Å². The molecule has 0 atom stereocenters. The van der Waals surface area contributed by atoms with Gasteiger partial charge in [-0.15, -0.1) is 10.2 Å². The van der Waals surface area contributed by atoms with Crippen molar-refractivity contribution in [3.05, 3.63) is 84.7 Å². The Hall–Kier alpha value is -3.78. The number of carbonyl (C=O) groups excluding carboxylic acids is 1. The van der Waals surface area contributed by atoms with Crippen LogP contribution in [0.25, 0.3) is 16.8 Å². The number of nitrogens with zero attached hydrogens (tertiary/aromatic N) is 3. The summed E-state index contributed by atoms with van der Waals surface area (Å²) in [6, 6.07) is 25.7. The molecule has 0 unspecified atom stereocenters. The van der Waals surface area contributed by atoms with Crippen LogP contribution in [0.5, 0.6) is 11.5 Å². The zero-order chi connectivity index (χ0) is 24.5. The number of amides is 1. The second-order valence-corrected chi connectivity index (χ2v) is 8.64. The van der Waals surface area contributed by atoms with Crippen molar-refractivity contribution in [1.82, 2.24) is 20.1 Å². The maximum Gasteiger partial charge on any atom is 0.230 e. The third kappa shape index (κ3) is 6.02. The van der Waals surface area contributed by atoms with E-state index in [0.29, 0.717) is 23.3 Å². The number of methoxy groups -OCH3 is 1. The van der Waals surface area contributed by atoms with Crippen molar-refractivity contribution in [2.45, 2.75) is 25.1 Å². The molecule has 1 N–H and O–H groups in total. The predicted molar refractivity (Wildman–Crippen MR) is 138 cm³/mol. The average Bonchev–Trinajstić information content (AvgIpc) is 3.32. The lowest BCUT2D eigenvalue weighted by Crippen LogP contribution is -2.25. The first-order valence-electron chi connectivity index (χ1n) is 11.5. The predicted octanol–water partition coefficient (Wildman–Crippen LogP) is 5.14. The van der Waals surface area contributed by atoms with E-state index in [4.69, 9.17) is 9.47 Å². The van der Waals surface area contributed by atoms with Crippen LogP contribution in [0.1, 0.15) is 19.2 Å². The smallest absolute Gasteiger partial charge is 0.230 e. The Bertz CT molecular complexity index is 1260. The van der Waals surface area contributed by atoms with Crippen molar-refractivity contribution >= 4 is 17.7 Å². The topological polar surface area (TPSA) is 78.3 Å². The van der Waals surface area contributed by atoms with Crippen LogP contribution in [0.2, 0.25) is 0 Å². The number of rotatable bonds is 11. The van der Waals surface area contributed by atoms with E-state index in [2.05, 4.69) is 27.6 Å². The van der Waals surface area contributed by atoms with E-state index in [0.717, 1.165) is 29.0 Å². The van der Waals surface area contributed by atoms with Gasteiger partial charge in [-0.1, -0.05) is 79.3 Å². The fourth-order valence-corrected chi connectivity index (χ4v) is 4.37. The molecule has 4 rings (SSSR count). The van der Waals surface area contributed by atoms with E-state index in [1.807, 2.05) is 78.2 Å². The molecule has 0 saturated carbocycles. The third-order valence-electron chi connectivity index (χ3n) is 5.26. The first-order chi connectivity index (χ1) is 17.2. The molecule has 0 spiro atoms. The fourth-order valence-electron chi connectivity index (χ4n) is 3.58. The SMILES string of the molecule is CCCNC(=O)CSc1nnc(COc2ccccc2-c2ccccc2)n1-c1ccccc1OC. The Labute approximate surface area is 209 Å². The van der Waals surface area contributed by atoms with Gasteiger partial charge in [0, 0.05) is 12.1 Å². The zero-order valence-electron chi connectivity index (χ0n) is 19.8. The minimum atomic E-state index is -0.0407. The number of ether oxygens (including phenoxy) is 2. The number of carbonyl (C=O) groups is 1. The molecule has 0 aliphatic rings. The monoisotopic (exact) mass is 488 g/mol. The summed E-state index contributed by atoms with van der Waals surface area (Å²) < 4.78 is 13.7. The molecule has 0 fully saturated rings. The molecule has 0 radical (unpaired) electrons. The van der Waals surface area contributed by atoms with Crippen molar-refractivity contribution in [2.75, 3.05) is 19.4 Å². The highest BCUT2D eigenvalue weighted by Crippen LogP contribution is 2.32. The highest BCUT2D eigenvalue weighted by molar-refractivity contribution is 7.99. The Morgan fingerprint density at radius 2 is 1.66 bits per heavy atom. The van der Waals surface area contributed by atoms with Crippen molar-refractivity contribution in [1.29, 1.82) is 0 Å². The summed E-state index contributed by atoms with van der Waals surface area (Å²) in [5.41, 5.74) is 2.86. The second-order valence-electron chi connectivity index (χ2n) is 7.70. The molecule has 180 valence electrons. The largest absolute Gasteiger partial charge is 0.495 e. The van der Waals surface area contributed by atoms with Crippen LogP contribution in [0.4, 0.5) is 0 Å². The van der Waals surface area contributed by atoms with Crippen LogP contribution in [-0.4, -0.2) is 40.1 Å². The molecule has 1 heterocycles. The Kier molecular flexibility index (Phi) is 8.40. The summed E-state index contributed by atoms with van der Waals surface area (Å²) in [6.07, 6.45) is 0.889. The third-order valence-corrected chi connectivity index (χ3v) is 6.19. The molecule has 0 saturated heterocycles. The lowest BCUT2D eigenvalue weighted by molar-refractivity contribution is -0.118. The summed E-state index contributed by atoms with van der Waals surface area (Å²) in [4.78, 5) is 12.2. The molecule has 3 aromatic carbocycles. The molecule has 1 amide bonds. The summed E-state index contributed by atoms with van der Waals surface area (Å²) in [7, 11) is 1.63. The van der Waals surface area contributed by atoms with Gasteiger partial charge in [0.1, 0.15) is 18.1 Å². The fraction of sp³-hybridized carbons (Fsp3) is 0.222. The van der Waals surface area contributed by atoms with Crippen LogP contribution in [0.15, 0.2) is 84.0 Å². The maximum absolute atomic E-state index is 12.2. The van der Waals surface area contributed by atoms with Crippen molar-refractivity contribution in [3.8, 4) is 28.3 Å². The highest BCUT2D eigenvalue weighted by Gasteiger charge is 2.19. The summed E-state index contributed by atoms with van der Waals surface area (Å²) in [6.45, 7) is 2.87. The first kappa shape index (κ1) is 24.3. The van der Waals surface area contributed by atoms with Gasteiger partial charge >= 0.3 is 0 Å². The molecule has 1 aromatic heterocycles. The Morgan fingerprint density at radius 3 is 2.43 bits per heavy atom. The quantitative estimate of drug-likeness (QED) is 0.295. The van der Waals surface area contributed by atoms with E-state index in [1.54, 1.807) is 7.11 Å². The Morgan fingerprint density at radius 1 is 0.943 bits per heavy atom. The van der Waals surface area contributed by atoms with Gasteiger partial charge < -0.3 is 14.8 Å². The molecule has 0 aliphatic heterocycles. The maximum atomic E-state index is 12.2.